The zero-order valence-electron chi connectivity index (χ0n) is 34.2. The summed E-state index contributed by atoms with van der Waals surface area (Å²) in [5.41, 5.74) is 2.31. The summed E-state index contributed by atoms with van der Waals surface area (Å²) < 4.78 is 79.6. The third-order valence-electron chi connectivity index (χ3n) is 9.63. The molecule has 0 aliphatic heterocycles. The summed E-state index contributed by atoms with van der Waals surface area (Å²) in [7, 11) is -9.14. The van der Waals surface area contributed by atoms with E-state index in [1.54, 1.807) is 24.3 Å². The van der Waals surface area contributed by atoms with Crippen molar-refractivity contribution in [3.05, 3.63) is 108 Å². The molecule has 0 unspecified atom stereocenters. The molecule has 0 fully saturated rings. The van der Waals surface area contributed by atoms with Crippen LogP contribution < -0.4 is 9.47 Å². The molecule has 0 N–H and O–H groups in total. The minimum absolute atomic E-state index is 0. The Kier molecular flexibility index (Phi) is 25.7. The predicted octanol–water partition coefficient (Wildman–Crippen LogP) is 12.5. The molecule has 0 spiro atoms. The van der Waals surface area contributed by atoms with Gasteiger partial charge in [-0.15, -0.1) is 0 Å². The van der Waals surface area contributed by atoms with Crippen molar-refractivity contribution < 1.29 is 35.4 Å². The minimum Gasteiger partial charge on any atom is -0.744 e. The van der Waals surface area contributed by atoms with E-state index < -0.39 is 20.2 Å². The first-order valence-corrected chi connectivity index (χ1v) is 23.5. The Morgan fingerprint density at radius 1 is 0.421 bits per heavy atom. The number of unbranched alkanes of at least 4 members (excludes halogenated alkanes) is 16. The van der Waals surface area contributed by atoms with Crippen molar-refractivity contribution in [2.75, 3.05) is 0 Å². The van der Waals surface area contributed by atoms with Crippen LogP contribution in [0.3, 0.4) is 0 Å². The Morgan fingerprint density at radius 2 is 0.737 bits per heavy atom. The summed E-state index contributed by atoms with van der Waals surface area (Å²) in [5, 5.41) is 0. The summed E-state index contributed by atoms with van der Waals surface area (Å²) in [6.07, 6.45) is 25.2. The maximum absolute atomic E-state index is 11.4. The number of aryl methyl sites for hydroxylation is 2. The van der Waals surface area contributed by atoms with Crippen molar-refractivity contribution in [2.24, 2.45) is 0 Å². The minimum atomic E-state index is -4.57. The van der Waals surface area contributed by atoms with Crippen LogP contribution in [0.5, 0.6) is 23.0 Å². The summed E-state index contributed by atoms with van der Waals surface area (Å²) in [4.78, 5) is -0.668. The van der Waals surface area contributed by atoms with E-state index in [0.29, 0.717) is 11.5 Å². The first-order valence-electron chi connectivity index (χ1n) is 20.6. The number of ether oxygens (including phenoxy) is 2. The van der Waals surface area contributed by atoms with Gasteiger partial charge in [0.15, 0.2) is 0 Å². The van der Waals surface area contributed by atoms with Gasteiger partial charge in [0, 0.05) is 0 Å². The summed E-state index contributed by atoms with van der Waals surface area (Å²) >= 11 is 0. The Hall–Kier alpha value is -2.44. The van der Waals surface area contributed by atoms with Gasteiger partial charge in [0.1, 0.15) is 43.2 Å². The first-order chi connectivity index (χ1) is 27.0. The second-order valence-electron chi connectivity index (χ2n) is 14.5. The molecule has 0 amide bonds. The fourth-order valence-electron chi connectivity index (χ4n) is 6.54. The number of benzene rings is 4. The molecular weight excluding hydrogens is 785 g/mol. The van der Waals surface area contributed by atoms with Crippen LogP contribution >= 0.6 is 0 Å². The third kappa shape index (κ3) is 21.4. The van der Waals surface area contributed by atoms with E-state index in [0.717, 1.165) is 36.8 Å². The molecule has 0 saturated heterocycles. The Labute approximate surface area is 373 Å². The van der Waals surface area contributed by atoms with Crippen molar-refractivity contribution in [1.82, 2.24) is 0 Å². The number of rotatable bonds is 26. The van der Waals surface area contributed by atoms with Crippen molar-refractivity contribution in [3.63, 3.8) is 0 Å². The molecular formula is C46H62CaO8S2. The fraction of sp³-hybridized carbons (Fsp3) is 0.478. The Balaban J connectivity index is 0.000000387. The molecule has 0 saturated carbocycles. The van der Waals surface area contributed by atoms with Gasteiger partial charge in [-0.3, -0.25) is 0 Å². The third-order valence-corrected chi connectivity index (χ3v) is 11.4. The van der Waals surface area contributed by atoms with Gasteiger partial charge in [-0.1, -0.05) is 165 Å². The predicted molar refractivity (Wildman–Crippen MR) is 229 cm³/mol. The van der Waals surface area contributed by atoms with Gasteiger partial charge in [0.05, 0.1) is 9.79 Å². The van der Waals surface area contributed by atoms with E-state index in [2.05, 4.69) is 13.8 Å². The largest absolute Gasteiger partial charge is 2.00 e. The van der Waals surface area contributed by atoms with Crippen molar-refractivity contribution in [1.29, 1.82) is 0 Å². The van der Waals surface area contributed by atoms with Gasteiger partial charge in [0.2, 0.25) is 0 Å². The van der Waals surface area contributed by atoms with Crippen molar-refractivity contribution >= 4 is 58.0 Å². The maximum atomic E-state index is 11.4. The second kappa shape index (κ2) is 28.9. The number of hydrogen-bond donors (Lipinski definition) is 0. The number of hydrogen-bond acceptors (Lipinski definition) is 8. The van der Waals surface area contributed by atoms with Gasteiger partial charge in [0.25, 0.3) is 0 Å². The standard InChI is InChI=1S/2C23H32O4S.Ca/c2*1-2-3-4-5-6-7-8-9-10-14-20-15-13-16-21(19-20)27-22-17-11-12-18-23(22)28(24,25)26;/h2*11-13,15-19H,2-10,14H2,1H3,(H,24,25,26);/q;;+2/p-2. The molecule has 0 radical (unpaired) electrons. The van der Waals surface area contributed by atoms with E-state index in [1.165, 1.54) is 139 Å². The van der Waals surface area contributed by atoms with E-state index in [-0.39, 0.29) is 59.0 Å². The van der Waals surface area contributed by atoms with Crippen LogP contribution in [-0.4, -0.2) is 63.7 Å². The summed E-state index contributed by atoms with van der Waals surface area (Å²) in [5.74, 6) is 1.23. The molecule has 4 rings (SSSR count). The molecule has 0 aliphatic carbocycles. The molecule has 4 aromatic carbocycles. The van der Waals surface area contributed by atoms with Gasteiger partial charge in [-0.25, -0.2) is 16.8 Å². The summed E-state index contributed by atoms with van der Waals surface area (Å²) in [6.45, 7) is 4.48. The molecule has 57 heavy (non-hydrogen) atoms. The Bertz CT molecular complexity index is 1780. The van der Waals surface area contributed by atoms with Gasteiger partial charge < -0.3 is 18.6 Å². The molecule has 308 valence electrons. The normalized spacial score (nSPS) is 11.3. The van der Waals surface area contributed by atoms with E-state index in [4.69, 9.17) is 9.47 Å². The average Bonchev–Trinajstić information content (AvgIpc) is 3.17. The van der Waals surface area contributed by atoms with Gasteiger partial charge >= 0.3 is 37.7 Å². The molecule has 0 heterocycles. The van der Waals surface area contributed by atoms with Crippen LogP contribution in [0.25, 0.3) is 0 Å². The zero-order valence-corrected chi connectivity index (χ0v) is 38.0. The van der Waals surface area contributed by atoms with Gasteiger partial charge in [-0.2, -0.15) is 0 Å². The molecule has 0 bridgehead atoms. The van der Waals surface area contributed by atoms with Crippen LogP contribution in [0.4, 0.5) is 0 Å². The van der Waals surface area contributed by atoms with Crippen LogP contribution in [-0.2, 0) is 33.1 Å². The second-order valence-corrected chi connectivity index (χ2v) is 17.2. The van der Waals surface area contributed by atoms with Crippen LogP contribution in [0.2, 0.25) is 0 Å². The number of para-hydroxylation sites is 2. The van der Waals surface area contributed by atoms with E-state index >= 15 is 0 Å². The monoisotopic (exact) mass is 846 g/mol. The van der Waals surface area contributed by atoms with E-state index in [9.17, 15) is 25.9 Å². The van der Waals surface area contributed by atoms with Crippen LogP contribution in [0.15, 0.2) is 107 Å². The van der Waals surface area contributed by atoms with Crippen LogP contribution in [0.1, 0.15) is 141 Å². The average molecular weight is 847 g/mol. The smallest absolute Gasteiger partial charge is 0.744 e. The quantitative estimate of drug-likeness (QED) is 0.0346. The molecule has 8 nitrogen and oxygen atoms in total. The molecule has 4 aromatic rings. The molecule has 11 heteroatoms. The van der Waals surface area contributed by atoms with Crippen molar-refractivity contribution in [2.45, 2.75) is 152 Å². The SMILES string of the molecule is CCCCCCCCCCCc1cccc(Oc2ccccc2S(=O)(=O)[O-])c1.CCCCCCCCCCCc1cccc(Oc2ccccc2S(=O)(=O)[O-])c1.[Ca+2]. The molecule has 0 aromatic heterocycles. The topological polar surface area (TPSA) is 133 Å². The maximum Gasteiger partial charge on any atom is 2.00 e. The molecule has 0 aliphatic rings. The van der Waals surface area contributed by atoms with E-state index in [1.807, 2.05) is 36.4 Å². The van der Waals surface area contributed by atoms with Crippen LogP contribution in [0, 0.1) is 0 Å². The first kappa shape index (κ1) is 50.7. The molecule has 0 atom stereocenters. The zero-order chi connectivity index (χ0) is 40.5. The summed E-state index contributed by atoms with van der Waals surface area (Å²) in [6, 6.07) is 27.1. The fourth-order valence-corrected chi connectivity index (χ4v) is 7.75. The Morgan fingerprint density at radius 3 is 1.07 bits per heavy atom. The van der Waals surface area contributed by atoms with Crippen molar-refractivity contribution in [3.8, 4) is 23.0 Å². The van der Waals surface area contributed by atoms with Gasteiger partial charge in [-0.05, 0) is 85.3 Å².